The molecule has 21 heavy (non-hydrogen) atoms. The van der Waals surface area contributed by atoms with E-state index in [2.05, 4.69) is 27.9 Å². The number of nitrogens with one attached hydrogen (secondary N) is 1. The zero-order chi connectivity index (χ0) is 15.4. The number of rotatable bonds is 4. The molecule has 0 aliphatic rings. The number of carbonyl (C=O) groups excluding carboxylic acids is 1. The van der Waals surface area contributed by atoms with Gasteiger partial charge in [0, 0.05) is 3.57 Å². The van der Waals surface area contributed by atoms with Gasteiger partial charge < -0.3 is 15.2 Å². The molecule has 0 spiro atoms. The van der Waals surface area contributed by atoms with Crippen LogP contribution in [0.1, 0.15) is 20.7 Å². The van der Waals surface area contributed by atoms with Gasteiger partial charge in [-0.2, -0.15) is 0 Å². The molecule has 0 saturated heterocycles. The highest BCUT2D eigenvalue weighted by Crippen LogP contribution is 2.26. The van der Waals surface area contributed by atoms with Gasteiger partial charge in [0.25, 0.3) is 5.91 Å². The Morgan fingerprint density at radius 3 is 2.52 bits per heavy atom. The van der Waals surface area contributed by atoms with Crippen LogP contribution in [0.2, 0.25) is 0 Å². The number of hydrogen-bond acceptors (Lipinski definition) is 3. The summed E-state index contributed by atoms with van der Waals surface area (Å²) in [5.74, 6) is -0.984. The van der Waals surface area contributed by atoms with E-state index in [0.29, 0.717) is 17.0 Å². The Morgan fingerprint density at radius 1 is 1.19 bits per heavy atom. The molecule has 2 N–H and O–H groups in total. The lowest BCUT2D eigenvalue weighted by molar-refractivity contribution is 0.0696. The second-order valence-corrected chi connectivity index (χ2v) is 5.32. The van der Waals surface area contributed by atoms with Crippen LogP contribution in [0.25, 0.3) is 0 Å². The van der Waals surface area contributed by atoms with Gasteiger partial charge in [-0.3, -0.25) is 4.79 Å². The number of methoxy groups -OCH3 is 1. The van der Waals surface area contributed by atoms with Crippen LogP contribution in [0.5, 0.6) is 5.75 Å². The highest BCUT2D eigenvalue weighted by atomic mass is 127. The maximum Gasteiger partial charge on any atom is 0.335 e. The number of carbonyl (C=O) groups is 2. The summed E-state index contributed by atoms with van der Waals surface area (Å²) in [5, 5.41) is 11.7. The summed E-state index contributed by atoms with van der Waals surface area (Å²) in [6.45, 7) is 0. The molecule has 5 nitrogen and oxygen atoms in total. The molecule has 108 valence electrons. The standard InChI is InChI=1S/C15H12INO4/c1-21-13-7-6-9(15(19)20)8-12(13)17-14(18)10-4-2-3-5-11(10)16/h2-8H,1H3,(H,17,18)(H,19,20). The van der Waals surface area contributed by atoms with Gasteiger partial charge in [-0.1, -0.05) is 12.1 Å². The summed E-state index contributed by atoms with van der Waals surface area (Å²) in [5.41, 5.74) is 0.914. The molecule has 2 aromatic carbocycles. The Morgan fingerprint density at radius 2 is 1.90 bits per heavy atom. The first-order valence-corrected chi connectivity index (χ1v) is 7.08. The number of halogens is 1. The number of anilines is 1. The number of aromatic carboxylic acids is 1. The van der Waals surface area contributed by atoms with E-state index in [4.69, 9.17) is 9.84 Å². The maximum atomic E-state index is 12.3. The highest BCUT2D eigenvalue weighted by Gasteiger charge is 2.14. The van der Waals surface area contributed by atoms with Crippen molar-refractivity contribution in [2.24, 2.45) is 0 Å². The lowest BCUT2D eigenvalue weighted by atomic mass is 10.1. The molecular weight excluding hydrogens is 385 g/mol. The third kappa shape index (κ3) is 3.52. The zero-order valence-corrected chi connectivity index (χ0v) is 13.2. The Bertz CT molecular complexity index is 700. The van der Waals surface area contributed by atoms with Crippen LogP contribution in [0.3, 0.4) is 0 Å². The Hall–Kier alpha value is -2.09. The Kier molecular flexibility index (Phi) is 4.79. The summed E-state index contributed by atoms with van der Waals surface area (Å²) in [4.78, 5) is 23.3. The fraction of sp³-hybridized carbons (Fsp3) is 0.0667. The number of benzene rings is 2. The van der Waals surface area contributed by atoms with Gasteiger partial charge in [0.1, 0.15) is 5.75 Å². The van der Waals surface area contributed by atoms with Crippen molar-refractivity contribution >= 4 is 40.2 Å². The van der Waals surface area contributed by atoms with Gasteiger partial charge in [0.05, 0.1) is 23.9 Å². The molecule has 0 bridgehead atoms. The van der Waals surface area contributed by atoms with Gasteiger partial charge in [-0.25, -0.2) is 4.79 Å². The lowest BCUT2D eigenvalue weighted by Crippen LogP contribution is -2.14. The normalized spacial score (nSPS) is 10.0. The Labute approximate surface area is 135 Å². The molecule has 1 amide bonds. The first kappa shape index (κ1) is 15.3. The topological polar surface area (TPSA) is 75.6 Å². The average Bonchev–Trinajstić information content (AvgIpc) is 2.47. The van der Waals surface area contributed by atoms with Gasteiger partial charge in [-0.15, -0.1) is 0 Å². The fourth-order valence-electron chi connectivity index (χ4n) is 1.77. The number of carboxylic acids is 1. The van der Waals surface area contributed by atoms with Crippen molar-refractivity contribution in [3.05, 3.63) is 57.2 Å². The first-order chi connectivity index (χ1) is 10.0. The molecule has 0 saturated carbocycles. The van der Waals surface area contributed by atoms with Gasteiger partial charge in [0.2, 0.25) is 0 Å². The van der Waals surface area contributed by atoms with Crippen molar-refractivity contribution in [3.63, 3.8) is 0 Å². The second kappa shape index (κ2) is 6.57. The number of ether oxygens (including phenoxy) is 1. The molecule has 0 atom stereocenters. The third-order valence-electron chi connectivity index (χ3n) is 2.81. The summed E-state index contributed by atoms with van der Waals surface area (Å²) >= 11 is 2.07. The molecule has 2 aromatic rings. The molecule has 2 rings (SSSR count). The van der Waals surface area contributed by atoms with E-state index in [9.17, 15) is 9.59 Å². The van der Waals surface area contributed by atoms with E-state index in [1.54, 1.807) is 12.1 Å². The predicted octanol–water partition coefficient (Wildman–Crippen LogP) is 3.25. The van der Waals surface area contributed by atoms with E-state index < -0.39 is 5.97 Å². The average molecular weight is 397 g/mol. The predicted molar refractivity (Wildman–Crippen MR) is 87.1 cm³/mol. The monoisotopic (exact) mass is 397 g/mol. The molecule has 0 aliphatic carbocycles. The SMILES string of the molecule is COc1ccc(C(=O)O)cc1NC(=O)c1ccccc1I. The molecule has 0 radical (unpaired) electrons. The molecule has 0 aromatic heterocycles. The minimum Gasteiger partial charge on any atom is -0.495 e. The molecule has 0 aliphatic heterocycles. The van der Waals surface area contributed by atoms with Gasteiger partial charge in [-0.05, 0) is 52.9 Å². The molecular formula is C15H12INO4. The number of hydrogen-bond donors (Lipinski definition) is 2. The number of amides is 1. The van der Waals surface area contributed by atoms with Crippen molar-refractivity contribution in [3.8, 4) is 5.75 Å². The van der Waals surface area contributed by atoms with Crippen molar-refractivity contribution in [2.75, 3.05) is 12.4 Å². The van der Waals surface area contributed by atoms with Crippen molar-refractivity contribution in [1.29, 1.82) is 0 Å². The van der Waals surface area contributed by atoms with E-state index in [-0.39, 0.29) is 11.5 Å². The Balaban J connectivity index is 2.34. The summed E-state index contributed by atoms with van der Waals surface area (Å²) < 4.78 is 5.94. The van der Waals surface area contributed by atoms with E-state index in [0.717, 1.165) is 3.57 Å². The summed E-state index contributed by atoms with van der Waals surface area (Å²) in [6.07, 6.45) is 0. The van der Waals surface area contributed by atoms with E-state index >= 15 is 0 Å². The van der Waals surface area contributed by atoms with Crippen LogP contribution in [0.4, 0.5) is 5.69 Å². The lowest BCUT2D eigenvalue weighted by Gasteiger charge is -2.11. The van der Waals surface area contributed by atoms with Crippen molar-refractivity contribution in [2.45, 2.75) is 0 Å². The summed E-state index contributed by atoms with van der Waals surface area (Å²) in [6, 6.07) is 11.4. The van der Waals surface area contributed by atoms with Gasteiger partial charge in [0.15, 0.2) is 0 Å². The minimum atomic E-state index is -1.07. The van der Waals surface area contributed by atoms with E-state index in [1.165, 1.54) is 25.3 Å². The van der Waals surface area contributed by atoms with Gasteiger partial charge >= 0.3 is 5.97 Å². The fourth-order valence-corrected chi connectivity index (χ4v) is 2.41. The minimum absolute atomic E-state index is 0.0776. The molecule has 0 unspecified atom stereocenters. The van der Waals surface area contributed by atoms with E-state index in [1.807, 2.05) is 12.1 Å². The molecule has 0 heterocycles. The maximum absolute atomic E-state index is 12.3. The smallest absolute Gasteiger partial charge is 0.335 e. The van der Waals surface area contributed by atoms with Crippen LogP contribution in [-0.2, 0) is 0 Å². The van der Waals surface area contributed by atoms with Crippen LogP contribution < -0.4 is 10.1 Å². The molecule has 0 fully saturated rings. The largest absolute Gasteiger partial charge is 0.495 e. The van der Waals surface area contributed by atoms with Crippen LogP contribution in [0, 0.1) is 3.57 Å². The summed E-state index contributed by atoms with van der Waals surface area (Å²) in [7, 11) is 1.46. The van der Waals surface area contributed by atoms with Crippen LogP contribution in [0.15, 0.2) is 42.5 Å². The van der Waals surface area contributed by atoms with Crippen LogP contribution >= 0.6 is 22.6 Å². The highest BCUT2D eigenvalue weighted by molar-refractivity contribution is 14.1. The first-order valence-electron chi connectivity index (χ1n) is 6.00. The quantitative estimate of drug-likeness (QED) is 0.777. The van der Waals surface area contributed by atoms with Crippen molar-refractivity contribution < 1.29 is 19.4 Å². The zero-order valence-electron chi connectivity index (χ0n) is 11.1. The third-order valence-corrected chi connectivity index (χ3v) is 3.75. The van der Waals surface area contributed by atoms with Crippen LogP contribution in [-0.4, -0.2) is 24.1 Å². The number of carboxylic acid groups (broad SMARTS) is 1. The molecule has 6 heteroatoms. The van der Waals surface area contributed by atoms with Crippen molar-refractivity contribution in [1.82, 2.24) is 0 Å². The second-order valence-electron chi connectivity index (χ2n) is 4.15.